The number of nitrogens with zero attached hydrogens (tertiary/aromatic N) is 3. The summed E-state index contributed by atoms with van der Waals surface area (Å²) >= 11 is 0. The molecule has 8 heteroatoms. The monoisotopic (exact) mass is 341 g/mol. The first-order valence-electron chi connectivity index (χ1n) is 7.92. The van der Waals surface area contributed by atoms with Crippen molar-refractivity contribution in [2.75, 3.05) is 10.6 Å². The maximum absolute atomic E-state index is 13.1. The lowest BCUT2D eigenvalue weighted by molar-refractivity contribution is 0.626. The molecule has 0 saturated heterocycles. The normalized spacial score (nSPS) is 12.0. The van der Waals surface area contributed by atoms with Gasteiger partial charge in [-0.1, -0.05) is 12.1 Å². The Hall–Kier alpha value is -3.00. The number of H-pyrrole nitrogens is 1. The molecule has 5 N–H and O–H groups in total. The highest BCUT2D eigenvalue weighted by Gasteiger charge is 2.12. The van der Waals surface area contributed by atoms with Crippen LogP contribution in [0.3, 0.4) is 0 Å². The van der Waals surface area contributed by atoms with Crippen LogP contribution in [-0.2, 0) is 6.54 Å². The molecular formula is C17H20FN7. The zero-order chi connectivity index (χ0) is 17.8. The summed E-state index contributed by atoms with van der Waals surface area (Å²) in [6, 6.07) is 8.12. The SMILES string of the molecule is Cc1cc(Nc2cnc(CN)c(NC(C)c3ccc(F)cc3)n2)n[nH]1. The summed E-state index contributed by atoms with van der Waals surface area (Å²) in [4.78, 5) is 8.89. The van der Waals surface area contributed by atoms with E-state index in [2.05, 4.69) is 30.8 Å². The molecule has 130 valence electrons. The number of nitrogens with two attached hydrogens (primary N) is 1. The van der Waals surface area contributed by atoms with E-state index in [4.69, 9.17) is 5.73 Å². The zero-order valence-corrected chi connectivity index (χ0v) is 14.0. The Kier molecular flexibility index (Phi) is 4.90. The van der Waals surface area contributed by atoms with Gasteiger partial charge in [0, 0.05) is 18.3 Å². The summed E-state index contributed by atoms with van der Waals surface area (Å²) in [6.07, 6.45) is 1.61. The molecule has 7 nitrogen and oxygen atoms in total. The number of aromatic amines is 1. The van der Waals surface area contributed by atoms with Crippen LogP contribution in [0.4, 0.5) is 21.8 Å². The second kappa shape index (κ2) is 7.27. The molecule has 1 aromatic carbocycles. The van der Waals surface area contributed by atoms with Gasteiger partial charge in [-0.15, -0.1) is 0 Å². The summed E-state index contributed by atoms with van der Waals surface area (Å²) in [5.41, 5.74) is 8.29. The first-order valence-corrected chi connectivity index (χ1v) is 7.92. The van der Waals surface area contributed by atoms with Gasteiger partial charge in [0.05, 0.1) is 17.9 Å². The molecule has 1 unspecified atom stereocenters. The van der Waals surface area contributed by atoms with Crippen LogP contribution in [0.15, 0.2) is 36.5 Å². The third-order valence-corrected chi connectivity index (χ3v) is 3.73. The molecule has 2 aromatic heterocycles. The molecule has 0 fully saturated rings. The van der Waals surface area contributed by atoms with E-state index in [1.165, 1.54) is 12.1 Å². The number of anilines is 3. The lowest BCUT2D eigenvalue weighted by atomic mass is 10.1. The average Bonchev–Trinajstić information content (AvgIpc) is 3.00. The molecule has 3 rings (SSSR count). The molecule has 0 spiro atoms. The number of halogens is 1. The molecule has 1 atom stereocenters. The number of nitrogens with one attached hydrogen (secondary N) is 3. The van der Waals surface area contributed by atoms with Crippen LogP contribution in [0.25, 0.3) is 0 Å². The lowest BCUT2D eigenvalue weighted by Crippen LogP contribution is -2.14. The number of rotatable bonds is 6. The highest BCUT2D eigenvalue weighted by atomic mass is 19.1. The molecule has 0 aliphatic rings. The number of aryl methyl sites for hydroxylation is 1. The van der Waals surface area contributed by atoms with E-state index < -0.39 is 0 Å². The van der Waals surface area contributed by atoms with Crippen molar-refractivity contribution in [3.63, 3.8) is 0 Å². The predicted molar refractivity (Wildman–Crippen MR) is 95.0 cm³/mol. The van der Waals surface area contributed by atoms with E-state index in [-0.39, 0.29) is 18.4 Å². The number of benzene rings is 1. The Morgan fingerprint density at radius 2 is 2.00 bits per heavy atom. The van der Waals surface area contributed by atoms with E-state index in [9.17, 15) is 4.39 Å². The third kappa shape index (κ3) is 4.10. The Morgan fingerprint density at radius 3 is 2.64 bits per heavy atom. The van der Waals surface area contributed by atoms with Crippen molar-refractivity contribution in [2.24, 2.45) is 5.73 Å². The third-order valence-electron chi connectivity index (χ3n) is 3.73. The summed E-state index contributed by atoms with van der Waals surface area (Å²) in [7, 11) is 0. The van der Waals surface area contributed by atoms with Crippen LogP contribution < -0.4 is 16.4 Å². The van der Waals surface area contributed by atoms with Crippen molar-refractivity contribution >= 4 is 17.5 Å². The second-order valence-electron chi connectivity index (χ2n) is 5.73. The van der Waals surface area contributed by atoms with E-state index in [0.717, 1.165) is 11.3 Å². The Labute approximate surface area is 144 Å². The first-order chi connectivity index (χ1) is 12.0. The van der Waals surface area contributed by atoms with E-state index >= 15 is 0 Å². The molecular weight excluding hydrogens is 321 g/mol. The van der Waals surface area contributed by atoms with Crippen LogP contribution >= 0.6 is 0 Å². The molecule has 0 radical (unpaired) electrons. The molecule has 2 heterocycles. The van der Waals surface area contributed by atoms with Gasteiger partial charge in [0.15, 0.2) is 17.5 Å². The van der Waals surface area contributed by atoms with Gasteiger partial charge in [0.1, 0.15) is 5.82 Å². The largest absolute Gasteiger partial charge is 0.362 e. The zero-order valence-electron chi connectivity index (χ0n) is 14.0. The van der Waals surface area contributed by atoms with Crippen LogP contribution in [0.5, 0.6) is 0 Å². The summed E-state index contributed by atoms with van der Waals surface area (Å²) < 4.78 is 13.1. The van der Waals surface area contributed by atoms with Gasteiger partial charge < -0.3 is 16.4 Å². The van der Waals surface area contributed by atoms with Crippen LogP contribution in [0.2, 0.25) is 0 Å². The standard InChI is InChI=1S/C17H20FN7/c1-10-7-15(25-24-10)22-16-9-20-14(8-19)17(23-16)21-11(2)12-3-5-13(18)6-4-12/h3-7,9,11H,8,19H2,1-2H3,(H3,21,22,23,24,25). The smallest absolute Gasteiger partial charge is 0.153 e. The van der Waals surface area contributed by atoms with Crippen LogP contribution in [-0.4, -0.2) is 20.2 Å². The fraction of sp³-hybridized carbons (Fsp3) is 0.235. The maximum Gasteiger partial charge on any atom is 0.153 e. The van der Waals surface area contributed by atoms with Gasteiger partial charge in [-0.25, -0.2) is 9.37 Å². The topological polar surface area (TPSA) is 105 Å². The number of hydrogen-bond donors (Lipinski definition) is 4. The average molecular weight is 341 g/mol. The van der Waals surface area contributed by atoms with Crippen molar-refractivity contribution in [1.29, 1.82) is 0 Å². The Balaban J connectivity index is 1.80. The van der Waals surface area contributed by atoms with Gasteiger partial charge in [0.2, 0.25) is 0 Å². The van der Waals surface area contributed by atoms with Crippen molar-refractivity contribution < 1.29 is 4.39 Å². The molecule has 3 aromatic rings. The molecule has 0 aliphatic carbocycles. The second-order valence-corrected chi connectivity index (χ2v) is 5.73. The maximum atomic E-state index is 13.1. The van der Waals surface area contributed by atoms with Crippen molar-refractivity contribution in [3.05, 3.63) is 59.3 Å². The Morgan fingerprint density at radius 1 is 1.24 bits per heavy atom. The molecule has 25 heavy (non-hydrogen) atoms. The quantitative estimate of drug-likeness (QED) is 0.549. The highest BCUT2D eigenvalue weighted by Crippen LogP contribution is 2.22. The van der Waals surface area contributed by atoms with Crippen molar-refractivity contribution in [1.82, 2.24) is 20.2 Å². The van der Waals surface area contributed by atoms with Gasteiger partial charge in [-0.2, -0.15) is 5.10 Å². The first kappa shape index (κ1) is 16.8. The summed E-state index contributed by atoms with van der Waals surface area (Å²) in [6.45, 7) is 4.14. The van der Waals surface area contributed by atoms with Crippen molar-refractivity contribution in [2.45, 2.75) is 26.4 Å². The number of hydrogen-bond acceptors (Lipinski definition) is 6. The van der Waals surface area contributed by atoms with E-state index in [0.29, 0.717) is 23.1 Å². The molecule has 0 amide bonds. The van der Waals surface area contributed by atoms with Gasteiger partial charge in [-0.05, 0) is 31.5 Å². The van der Waals surface area contributed by atoms with E-state index in [1.807, 2.05) is 19.9 Å². The fourth-order valence-corrected chi connectivity index (χ4v) is 2.39. The lowest BCUT2D eigenvalue weighted by Gasteiger charge is -2.17. The van der Waals surface area contributed by atoms with Gasteiger partial charge in [0.25, 0.3) is 0 Å². The Bertz CT molecular complexity index is 844. The highest BCUT2D eigenvalue weighted by molar-refractivity contribution is 5.55. The van der Waals surface area contributed by atoms with Crippen molar-refractivity contribution in [3.8, 4) is 0 Å². The minimum Gasteiger partial charge on any atom is -0.362 e. The number of aromatic nitrogens is 4. The summed E-state index contributed by atoms with van der Waals surface area (Å²) in [5.74, 6) is 1.53. The van der Waals surface area contributed by atoms with Crippen LogP contribution in [0, 0.1) is 12.7 Å². The minimum atomic E-state index is -0.265. The molecule has 0 aliphatic heterocycles. The molecule has 0 saturated carbocycles. The van der Waals surface area contributed by atoms with Gasteiger partial charge >= 0.3 is 0 Å². The summed E-state index contributed by atoms with van der Waals surface area (Å²) in [5, 5.41) is 13.3. The fourth-order valence-electron chi connectivity index (χ4n) is 2.39. The molecule has 0 bridgehead atoms. The van der Waals surface area contributed by atoms with Crippen LogP contribution in [0.1, 0.15) is 29.9 Å². The van der Waals surface area contributed by atoms with Gasteiger partial charge in [-0.3, -0.25) is 10.1 Å². The minimum absolute atomic E-state index is 0.0805. The van der Waals surface area contributed by atoms with E-state index in [1.54, 1.807) is 18.3 Å². The predicted octanol–water partition coefficient (Wildman–Crippen LogP) is 3.02.